The maximum Gasteiger partial charge on any atom is 0.405 e. The van der Waals surface area contributed by atoms with Crippen molar-refractivity contribution >= 4 is 23.2 Å². The van der Waals surface area contributed by atoms with Crippen molar-refractivity contribution in [1.82, 2.24) is 19.6 Å². The summed E-state index contributed by atoms with van der Waals surface area (Å²) in [7, 11) is 0. The zero-order valence-electron chi connectivity index (χ0n) is 10.0. The number of alkyl halides is 4. The highest BCUT2D eigenvalue weighted by atomic mass is 35.5. The lowest BCUT2D eigenvalue weighted by atomic mass is 10.3. The number of fused-ring (bicyclic) bond motifs is 1. The predicted molar refractivity (Wildman–Crippen MR) is 64.5 cm³/mol. The van der Waals surface area contributed by atoms with Gasteiger partial charge in [0.2, 0.25) is 0 Å². The SMILES string of the molecule is Cc1cc(N(CCCl)CC(F)(F)F)n2ncnc2n1. The first-order valence-corrected chi connectivity index (χ1v) is 5.99. The molecule has 0 radical (unpaired) electrons. The highest BCUT2D eigenvalue weighted by Gasteiger charge is 2.31. The molecule has 0 fully saturated rings. The summed E-state index contributed by atoms with van der Waals surface area (Å²) in [6.45, 7) is 0.641. The fourth-order valence-corrected chi connectivity index (χ4v) is 1.93. The van der Waals surface area contributed by atoms with E-state index in [0.29, 0.717) is 5.69 Å². The van der Waals surface area contributed by atoms with E-state index in [2.05, 4.69) is 15.1 Å². The highest BCUT2D eigenvalue weighted by Crippen LogP contribution is 2.22. The van der Waals surface area contributed by atoms with Crippen LogP contribution in [0.4, 0.5) is 19.0 Å². The molecule has 0 unspecified atom stereocenters. The zero-order chi connectivity index (χ0) is 14.0. The van der Waals surface area contributed by atoms with Crippen LogP contribution in [-0.2, 0) is 0 Å². The zero-order valence-corrected chi connectivity index (χ0v) is 10.8. The summed E-state index contributed by atoms with van der Waals surface area (Å²) in [4.78, 5) is 9.08. The number of anilines is 1. The molecule has 0 saturated heterocycles. The summed E-state index contributed by atoms with van der Waals surface area (Å²) in [5, 5.41) is 3.88. The van der Waals surface area contributed by atoms with Crippen molar-refractivity contribution in [3.63, 3.8) is 0 Å². The number of hydrogen-bond acceptors (Lipinski definition) is 4. The average Bonchev–Trinajstić information content (AvgIpc) is 2.73. The Morgan fingerprint density at radius 2 is 2.16 bits per heavy atom. The summed E-state index contributed by atoms with van der Waals surface area (Å²) in [6.07, 6.45) is -3.08. The Hall–Kier alpha value is -1.57. The number of nitrogens with zero attached hydrogens (tertiary/aromatic N) is 5. The summed E-state index contributed by atoms with van der Waals surface area (Å²) in [5.41, 5.74) is 0.567. The minimum absolute atomic E-state index is 0.0550. The van der Waals surface area contributed by atoms with Crippen molar-refractivity contribution in [3.05, 3.63) is 18.1 Å². The van der Waals surface area contributed by atoms with Crippen LogP contribution in [0.15, 0.2) is 12.4 Å². The van der Waals surface area contributed by atoms with E-state index in [0.717, 1.165) is 4.90 Å². The van der Waals surface area contributed by atoms with Gasteiger partial charge in [0.1, 0.15) is 18.7 Å². The molecule has 0 bridgehead atoms. The number of hydrogen-bond donors (Lipinski definition) is 0. The minimum atomic E-state index is -4.32. The van der Waals surface area contributed by atoms with Gasteiger partial charge in [0.05, 0.1) is 0 Å². The maximum atomic E-state index is 12.6. The van der Waals surface area contributed by atoms with Gasteiger partial charge in [-0.2, -0.15) is 27.8 Å². The number of halogens is 4. The monoisotopic (exact) mass is 293 g/mol. The fraction of sp³-hybridized carbons (Fsp3) is 0.500. The fourth-order valence-electron chi connectivity index (χ4n) is 1.73. The van der Waals surface area contributed by atoms with Gasteiger partial charge in [-0.15, -0.1) is 11.6 Å². The predicted octanol–water partition coefficient (Wildman–Crippen LogP) is 2.04. The summed E-state index contributed by atoms with van der Waals surface area (Å²) >= 11 is 5.57. The normalized spacial score (nSPS) is 12.1. The van der Waals surface area contributed by atoms with Crippen LogP contribution in [0.2, 0.25) is 0 Å². The molecule has 2 rings (SSSR count). The van der Waals surface area contributed by atoms with Crippen LogP contribution in [-0.4, -0.2) is 44.7 Å². The maximum absolute atomic E-state index is 12.6. The van der Waals surface area contributed by atoms with Crippen molar-refractivity contribution in [2.24, 2.45) is 0 Å². The van der Waals surface area contributed by atoms with Gasteiger partial charge in [-0.1, -0.05) is 0 Å². The molecule has 0 spiro atoms. The number of rotatable bonds is 4. The third-order valence-corrected chi connectivity index (χ3v) is 2.58. The Morgan fingerprint density at radius 3 is 2.79 bits per heavy atom. The smallest absolute Gasteiger partial charge is 0.346 e. The molecule has 104 valence electrons. The first-order valence-electron chi connectivity index (χ1n) is 5.46. The second kappa shape index (κ2) is 5.20. The molecule has 5 nitrogen and oxygen atoms in total. The molecule has 0 saturated carbocycles. The van der Waals surface area contributed by atoms with E-state index in [9.17, 15) is 13.2 Å². The van der Waals surface area contributed by atoms with Crippen LogP contribution >= 0.6 is 11.6 Å². The molecule has 19 heavy (non-hydrogen) atoms. The van der Waals surface area contributed by atoms with Gasteiger partial charge >= 0.3 is 6.18 Å². The van der Waals surface area contributed by atoms with Gasteiger partial charge in [0.15, 0.2) is 0 Å². The topological polar surface area (TPSA) is 46.3 Å². The number of aryl methyl sites for hydroxylation is 1. The van der Waals surface area contributed by atoms with Crippen LogP contribution < -0.4 is 4.90 Å². The Morgan fingerprint density at radius 1 is 1.42 bits per heavy atom. The summed E-state index contributed by atoms with van der Waals surface area (Å²) < 4.78 is 39.1. The molecular formula is C10H11ClF3N5. The summed E-state index contributed by atoms with van der Waals surface area (Å²) in [5.74, 6) is 0.614. The largest absolute Gasteiger partial charge is 0.405 e. The molecule has 9 heteroatoms. The van der Waals surface area contributed by atoms with Gasteiger partial charge < -0.3 is 4.90 Å². The molecule has 2 aromatic rings. The Kier molecular flexibility index (Phi) is 3.79. The van der Waals surface area contributed by atoms with Crippen LogP contribution in [0.1, 0.15) is 5.69 Å². The van der Waals surface area contributed by atoms with E-state index in [1.165, 1.54) is 16.9 Å². The van der Waals surface area contributed by atoms with Gasteiger partial charge in [-0.05, 0) is 6.92 Å². The second-order valence-corrected chi connectivity index (χ2v) is 4.33. The van der Waals surface area contributed by atoms with Gasteiger partial charge in [-0.25, -0.2) is 4.98 Å². The lowest BCUT2D eigenvalue weighted by molar-refractivity contribution is -0.119. The van der Waals surface area contributed by atoms with Crippen molar-refractivity contribution in [1.29, 1.82) is 0 Å². The van der Waals surface area contributed by atoms with Gasteiger partial charge in [-0.3, -0.25) is 0 Å². The van der Waals surface area contributed by atoms with Crippen LogP contribution in [0.25, 0.3) is 5.78 Å². The molecule has 0 aliphatic carbocycles. The minimum Gasteiger partial charge on any atom is -0.346 e. The van der Waals surface area contributed by atoms with E-state index < -0.39 is 12.7 Å². The molecule has 2 aromatic heterocycles. The van der Waals surface area contributed by atoms with Crippen molar-refractivity contribution < 1.29 is 13.2 Å². The van der Waals surface area contributed by atoms with Crippen molar-refractivity contribution in [2.75, 3.05) is 23.9 Å². The molecule has 0 amide bonds. The molecule has 0 atom stereocenters. The van der Waals surface area contributed by atoms with Crippen LogP contribution in [0, 0.1) is 6.92 Å². The second-order valence-electron chi connectivity index (χ2n) is 3.95. The van der Waals surface area contributed by atoms with E-state index >= 15 is 0 Å². The molecule has 0 aliphatic rings. The van der Waals surface area contributed by atoms with Crippen LogP contribution in [0.5, 0.6) is 0 Å². The van der Waals surface area contributed by atoms with Gasteiger partial charge in [0.25, 0.3) is 5.78 Å². The van der Waals surface area contributed by atoms with E-state index in [1.807, 2.05) is 0 Å². The quantitative estimate of drug-likeness (QED) is 0.809. The molecule has 0 aromatic carbocycles. The standard InChI is InChI=1S/C10H11ClF3N5/c1-7-4-8(19-9(17-7)15-6-16-19)18(3-2-11)5-10(12,13)14/h4,6H,2-3,5H2,1H3. The third-order valence-electron chi connectivity index (χ3n) is 2.41. The van der Waals surface area contributed by atoms with Crippen molar-refractivity contribution in [3.8, 4) is 0 Å². The lowest BCUT2D eigenvalue weighted by Gasteiger charge is -2.25. The molecular weight excluding hydrogens is 283 g/mol. The van der Waals surface area contributed by atoms with E-state index in [-0.39, 0.29) is 24.0 Å². The summed E-state index contributed by atoms with van der Waals surface area (Å²) in [6, 6.07) is 1.53. The molecule has 0 aliphatic heterocycles. The number of aromatic nitrogens is 4. The molecule has 0 N–H and O–H groups in total. The Bertz CT molecular complexity index is 568. The van der Waals surface area contributed by atoms with E-state index in [1.54, 1.807) is 6.92 Å². The van der Waals surface area contributed by atoms with Crippen molar-refractivity contribution in [2.45, 2.75) is 13.1 Å². The average molecular weight is 294 g/mol. The Labute approximate surface area is 112 Å². The first kappa shape index (κ1) is 13.9. The van der Waals surface area contributed by atoms with Crippen LogP contribution in [0.3, 0.4) is 0 Å². The van der Waals surface area contributed by atoms with E-state index in [4.69, 9.17) is 11.6 Å². The Balaban J connectivity index is 2.45. The first-order chi connectivity index (χ1) is 8.90. The lowest BCUT2D eigenvalue weighted by Crippen LogP contribution is -2.37. The van der Waals surface area contributed by atoms with Gasteiger partial charge in [0, 0.05) is 24.2 Å². The third kappa shape index (κ3) is 3.25. The molecule has 2 heterocycles. The highest BCUT2D eigenvalue weighted by molar-refractivity contribution is 6.18.